The molecular weight excluding hydrogens is 338 g/mol. The van der Waals surface area contributed by atoms with Crippen molar-refractivity contribution >= 4 is 7.60 Å². The number of hydrogen-bond donors (Lipinski definition) is 1. The number of halogens is 3. The van der Waals surface area contributed by atoms with Crippen LogP contribution in [0.5, 0.6) is 11.5 Å². The summed E-state index contributed by atoms with van der Waals surface area (Å²) in [5.74, 6) is -1.69. The molecule has 2 N–H and O–H groups in total. The fourth-order valence-corrected chi connectivity index (χ4v) is 3.53. The molecular formula is C13H19F3NO5P. The van der Waals surface area contributed by atoms with Crippen LogP contribution in [0.4, 0.5) is 13.2 Å². The number of rotatable bonds is 8. The molecule has 0 aliphatic rings. The van der Waals surface area contributed by atoms with Crippen molar-refractivity contribution in [1.82, 2.24) is 0 Å². The third-order valence-electron chi connectivity index (χ3n) is 2.71. The van der Waals surface area contributed by atoms with E-state index in [1.165, 1.54) is 13.2 Å². The van der Waals surface area contributed by atoms with Gasteiger partial charge in [-0.2, -0.15) is 0 Å². The number of hydrogen-bond acceptors (Lipinski definition) is 6. The Kier molecular flexibility index (Phi) is 6.88. The average Bonchev–Trinajstić information content (AvgIpc) is 2.45. The van der Waals surface area contributed by atoms with Crippen LogP contribution in [-0.4, -0.2) is 26.7 Å². The van der Waals surface area contributed by atoms with Crippen LogP contribution in [-0.2, 0) is 13.6 Å². The van der Waals surface area contributed by atoms with E-state index in [9.17, 15) is 17.7 Å². The fourth-order valence-electron chi connectivity index (χ4n) is 1.87. The van der Waals surface area contributed by atoms with Crippen LogP contribution in [0.3, 0.4) is 0 Å². The van der Waals surface area contributed by atoms with Crippen molar-refractivity contribution < 1.29 is 36.3 Å². The number of nitrogens with two attached hydrogens (primary N) is 1. The molecule has 0 radical (unpaired) electrons. The highest BCUT2D eigenvalue weighted by molar-refractivity contribution is 7.54. The molecule has 0 saturated heterocycles. The predicted octanol–water partition coefficient (Wildman–Crippen LogP) is 3.82. The highest BCUT2D eigenvalue weighted by atomic mass is 31.2. The van der Waals surface area contributed by atoms with Gasteiger partial charge in [0.1, 0.15) is 17.3 Å². The average molecular weight is 357 g/mol. The Hall–Kier alpha value is -1.28. The van der Waals surface area contributed by atoms with Crippen molar-refractivity contribution in [3.63, 3.8) is 0 Å². The molecule has 0 fully saturated rings. The molecule has 0 aliphatic heterocycles. The molecule has 0 spiro atoms. The van der Waals surface area contributed by atoms with Crippen LogP contribution in [0.15, 0.2) is 18.2 Å². The second-order valence-electron chi connectivity index (χ2n) is 4.27. The molecule has 0 heterocycles. The maximum atomic E-state index is 12.7. The van der Waals surface area contributed by atoms with Crippen LogP contribution >= 0.6 is 7.60 Å². The van der Waals surface area contributed by atoms with Crippen LogP contribution in [0.25, 0.3) is 0 Å². The van der Waals surface area contributed by atoms with Gasteiger partial charge in [0, 0.05) is 5.56 Å². The zero-order valence-corrected chi connectivity index (χ0v) is 13.8. The van der Waals surface area contributed by atoms with E-state index in [1.54, 1.807) is 13.8 Å². The number of ether oxygens (including phenoxy) is 2. The molecule has 0 bridgehead atoms. The Morgan fingerprint density at radius 3 is 2.22 bits per heavy atom. The SMILES string of the molecule is CCOP(=O)(OCC)[C@@H](N)c1cc(OC(F)(F)F)ccc1OC. The van der Waals surface area contributed by atoms with Gasteiger partial charge in [-0.15, -0.1) is 13.2 Å². The van der Waals surface area contributed by atoms with E-state index in [1.807, 2.05) is 0 Å². The first-order valence-corrected chi connectivity index (χ1v) is 8.36. The maximum Gasteiger partial charge on any atom is 0.573 e. The lowest BCUT2D eigenvalue weighted by molar-refractivity contribution is -0.274. The largest absolute Gasteiger partial charge is 0.573 e. The summed E-state index contributed by atoms with van der Waals surface area (Å²) < 4.78 is 68.8. The quantitative estimate of drug-likeness (QED) is 0.713. The van der Waals surface area contributed by atoms with Gasteiger partial charge in [0.05, 0.1) is 20.3 Å². The monoisotopic (exact) mass is 357 g/mol. The van der Waals surface area contributed by atoms with Crippen molar-refractivity contribution in [3.05, 3.63) is 23.8 Å². The second-order valence-corrected chi connectivity index (χ2v) is 6.42. The Morgan fingerprint density at radius 1 is 1.22 bits per heavy atom. The maximum absolute atomic E-state index is 12.7. The van der Waals surface area contributed by atoms with Gasteiger partial charge in [0.25, 0.3) is 0 Å². The van der Waals surface area contributed by atoms with Gasteiger partial charge in [-0.3, -0.25) is 4.57 Å². The zero-order valence-electron chi connectivity index (χ0n) is 12.9. The topological polar surface area (TPSA) is 80.0 Å². The molecule has 1 aromatic rings. The predicted molar refractivity (Wildman–Crippen MR) is 77.5 cm³/mol. The lowest BCUT2D eigenvalue weighted by Gasteiger charge is -2.25. The van der Waals surface area contributed by atoms with Crippen molar-refractivity contribution in [1.29, 1.82) is 0 Å². The van der Waals surface area contributed by atoms with E-state index in [-0.39, 0.29) is 24.5 Å². The highest BCUT2D eigenvalue weighted by Gasteiger charge is 2.37. The fraction of sp³-hybridized carbons (Fsp3) is 0.538. The van der Waals surface area contributed by atoms with Gasteiger partial charge in [0.15, 0.2) is 0 Å². The Bertz CT molecular complexity index is 557. The van der Waals surface area contributed by atoms with Crippen molar-refractivity contribution in [2.45, 2.75) is 26.0 Å². The van der Waals surface area contributed by atoms with E-state index >= 15 is 0 Å². The summed E-state index contributed by atoms with van der Waals surface area (Å²) in [4.78, 5) is 0. The summed E-state index contributed by atoms with van der Waals surface area (Å²) in [6.45, 7) is 3.32. The summed E-state index contributed by atoms with van der Waals surface area (Å²) in [5.41, 5.74) is 5.95. The molecule has 1 rings (SSSR count). The van der Waals surface area contributed by atoms with Gasteiger partial charge in [-0.1, -0.05) is 0 Å². The lowest BCUT2D eigenvalue weighted by Crippen LogP contribution is -2.19. The van der Waals surface area contributed by atoms with Crippen LogP contribution < -0.4 is 15.2 Å². The third kappa shape index (κ3) is 5.39. The van der Waals surface area contributed by atoms with Crippen molar-refractivity contribution in [2.24, 2.45) is 5.73 Å². The van der Waals surface area contributed by atoms with Gasteiger partial charge < -0.3 is 24.3 Å². The van der Waals surface area contributed by atoms with Gasteiger partial charge in [-0.25, -0.2) is 0 Å². The molecule has 10 heteroatoms. The summed E-state index contributed by atoms with van der Waals surface area (Å²) in [6.07, 6.45) is -4.86. The van der Waals surface area contributed by atoms with Crippen molar-refractivity contribution in [3.8, 4) is 11.5 Å². The van der Waals surface area contributed by atoms with E-state index < -0.39 is 25.5 Å². The first kappa shape index (κ1) is 19.8. The van der Waals surface area contributed by atoms with Gasteiger partial charge in [0.2, 0.25) is 0 Å². The molecule has 0 saturated carbocycles. The molecule has 0 aromatic heterocycles. The minimum atomic E-state index is -4.86. The number of methoxy groups -OCH3 is 1. The number of benzene rings is 1. The highest BCUT2D eigenvalue weighted by Crippen LogP contribution is 2.59. The molecule has 0 aliphatic carbocycles. The van der Waals surface area contributed by atoms with E-state index in [0.717, 1.165) is 12.1 Å². The number of alkyl halides is 3. The third-order valence-corrected chi connectivity index (χ3v) is 4.91. The zero-order chi connectivity index (χ0) is 17.7. The molecule has 1 aromatic carbocycles. The summed E-state index contributed by atoms with van der Waals surface area (Å²) in [5, 5.41) is 0. The van der Waals surface area contributed by atoms with E-state index in [0.29, 0.717) is 0 Å². The lowest BCUT2D eigenvalue weighted by atomic mass is 10.2. The van der Waals surface area contributed by atoms with Crippen LogP contribution in [0.2, 0.25) is 0 Å². The molecule has 1 atom stereocenters. The molecule has 6 nitrogen and oxygen atoms in total. The Morgan fingerprint density at radius 2 is 1.78 bits per heavy atom. The molecule has 132 valence electrons. The minimum Gasteiger partial charge on any atom is -0.496 e. The van der Waals surface area contributed by atoms with Crippen LogP contribution in [0.1, 0.15) is 25.2 Å². The summed E-state index contributed by atoms with van der Waals surface area (Å²) in [6, 6.07) is 3.30. The second kappa shape index (κ2) is 8.01. The van der Waals surface area contributed by atoms with Gasteiger partial charge >= 0.3 is 14.0 Å². The minimum absolute atomic E-state index is 0.0273. The van der Waals surface area contributed by atoms with Crippen molar-refractivity contribution in [2.75, 3.05) is 20.3 Å². The Labute approximate surface area is 132 Å². The first-order valence-electron chi connectivity index (χ1n) is 6.75. The summed E-state index contributed by atoms with van der Waals surface area (Å²) in [7, 11) is -2.47. The molecule has 23 heavy (non-hydrogen) atoms. The normalized spacial score (nSPS) is 13.7. The Balaban J connectivity index is 3.26. The van der Waals surface area contributed by atoms with E-state index in [4.69, 9.17) is 19.5 Å². The first-order chi connectivity index (χ1) is 10.7. The molecule has 0 unspecified atom stereocenters. The standard InChI is InChI=1S/C13H19F3NO5P/c1-4-20-23(18,21-5-2)12(17)10-8-9(22-13(14,15)16)6-7-11(10)19-3/h6-8,12H,4-5,17H2,1-3H3/t12-/m1/s1. The van der Waals surface area contributed by atoms with Crippen LogP contribution in [0, 0.1) is 0 Å². The molecule has 0 amide bonds. The smallest absolute Gasteiger partial charge is 0.496 e. The van der Waals surface area contributed by atoms with Gasteiger partial charge in [-0.05, 0) is 32.0 Å². The summed E-state index contributed by atoms with van der Waals surface area (Å²) >= 11 is 0. The van der Waals surface area contributed by atoms with E-state index in [2.05, 4.69) is 4.74 Å².